The van der Waals surface area contributed by atoms with Gasteiger partial charge in [-0.2, -0.15) is 0 Å². The highest BCUT2D eigenvalue weighted by molar-refractivity contribution is 5.54. The summed E-state index contributed by atoms with van der Waals surface area (Å²) in [5.74, 6) is 0.765. The Hall–Kier alpha value is -2.00. The van der Waals surface area contributed by atoms with Crippen molar-refractivity contribution in [1.82, 2.24) is 5.32 Å². The first kappa shape index (κ1) is 18.3. The van der Waals surface area contributed by atoms with Gasteiger partial charge in [-0.15, -0.1) is 0 Å². The van der Waals surface area contributed by atoms with Crippen molar-refractivity contribution in [2.24, 2.45) is 0 Å². The number of ether oxygens (including phenoxy) is 1. The monoisotopic (exact) mass is 326 g/mol. The van der Waals surface area contributed by atoms with Crippen LogP contribution in [0, 0.1) is 6.92 Å². The minimum atomic E-state index is 0.548. The number of rotatable bonds is 10. The molecule has 0 atom stereocenters. The Balaban J connectivity index is 1.79. The molecule has 0 spiro atoms. The summed E-state index contributed by atoms with van der Waals surface area (Å²) < 4.78 is 5.87. The number of hydrogen-bond donors (Lipinski definition) is 2. The first-order chi connectivity index (χ1) is 11.7. The highest BCUT2D eigenvalue weighted by atomic mass is 16.5. The second-order valence-corrected chi connectivity index (χ2v) is 6.36. The largest absolute Gasteiger partial charge is 0.487 e. The van der Waals surface area contributed by atoms with Crippen LogP contribution in [0.5, 0.6) is 5.75 Å². The number of benzene rings is 2. The number of aryl methyl sites for hydroxylation is 2. The molecule has 130 valence electrons. The fourth-order valence-corrected chi connectivity index (χ4v) is 2.69. The van der Waals surface area contributed by atoms with Crippen molar-refractivity contribution in [2.45, 2.75) is 46.1 Å². The predicted octanol–water partition coefficient (Wildman–Crippen LogP) is 4.48. The van der Waals surface area contributed by atoms with Gasteiger partial charge in [-0.3, -0.25) is 0 Å². The smallest absolute Gasteiger partial charge is 0.142 e. The molecule has 0 bridgehead atoms. The van der Waals surface area contributed by atoms with Crippen molar-refractivity contribution in [3.63, 3.8) is 0 Å². The zero-order valence-electron chi connectivity index (χ0n) is 15.0. The highest BCUT2D eigenvalue weighted by Gasteiger charge is 2.03. The summed E-state index contributed by atoms with van der Waals surface area (Å²) >= 11 is 0. The molecule has 2 aromatic carbocycles. The van der Waals surface area contributed by atoms with E-state index in [1.54, 1.807) is 0 Å². The molecule has 0 aliphatic carbocycles. The molecular formula is C21H30N2O. The summed E-state index contributed by atoms with van der Waals surface area (Å²) in [5, 5.41) is 3.47. The van der Waals surface area contributed by atoms with Crippen LogP contribution < -0.4 is 15.8 Å². The van der Waals surface area contributed by atoms with Gasteiger partial charge in [0, 0.05) is 0 Å². The number of hydrogen-bond acceptors (Lipinski definition) is 3. The van der Waals surface area contributed by atoms with Gasteiger partial charge in [0.25, 0.3) is 0 Å². The minimum absolute atomic E-state index is 0.548. The molecule has 0 aliphatic heterocycles. The molecule has 2 rings (SSSR count). The van der Waals surface area contributed by atoms with E-state index in [9.17, 15) is 0 Å². The molecule has 3 N–H and O–H groups in total. The van der Waals surface area contributed by atoms with Gasteiger partial charge in [-0.1, -0.05) is 49.2 Å². The summed E-state index contributed by atoms with van der Waals surface area (Å²) in [6.45, 7) is 7.03. The van der Waals surface area contributed by atoms with Crippen LogP contribution in [0.1, 0.15) is 42.9 Å². The first-order valence-corrected chi connectivity index (χ1v) is 8.96. The Labute approximate surface area is 146 Å². The number of nitrogens with two attached hydrogens (primary N) is 1. The van der Waals surface area contributed by atoms with Gasteiger partial charge in [0.2, 0.25) is 0 Å². The summed E-state index contributed by atoms with van der Waals surface area (Å²) in [4.78, 5) is 0. The van der Waals surface area contributed by atoms with Crippen LogP contribution in [-0.4, -0.2) is 13.1 Å². The zero-order chi connectivity index (χ0) is 17.2. The SMILES string of the molecule is CCCCNCCCc1ccc(OCc2cccc(C)c2)c(N)c1. The minimum Gasteiger partial charge on any atom is -0.487 e. The van der Waals surface area contributed by atoms with Gasteiger partial charge >= 0.3 is 0 Å². The number of anilines is 1. The van der Waals surface area contributed by atoms with Crippen LogP contribution in [0.15, 0.2) is 42.5 Å². The number of nitrogens with one attached hydrogen (secondary N) is 1. The van der Waals surface area contributed by atoms with Crippen molar-refractivity contribution in [3.05, 3.63) is 59.2 Å². The maximum atomic E-state index is 6.14. The Morgan fingerprint density at radius 2 is 1.83 bits per heavy atom. The molecule has 0 aliphatic rings. The van der Waals surface area contributed by atoms with Gasteiger partial charge in [0.05, 0.1) is 5.69 Å². The van der Waals surface area contributed by atoms with E-state index in [1.165, 1.54) is 24.0 Å². The van der Waals surface area contributed by atoms with Crippen LogP contribution in [0.3, 0.4) is 0 Å². The molecule has 0 saturated heterocycles. The molecule has 0 heterocycles. The molecule has 0 saturated carbocycles. The van der Waals surface area contributed by atoms with E-state index in [0.29, 0.717) is 6.61 Å². The van der Waals surface area contributed by atoms with Crippen molar-refractivity contribution in [3.8, 4) is 5.75 Å². The molecule has 3 nitrogen and oxygen atoms in total. The standard InChI is InChI=1S/C21H30N2O/c1-3-4-12-23-13-6-9-18-10-11-21(20(22)15-18)24-16-19-8-5-7-17(2)14-19/h5,7-8,10-11,14-15,23H,3-4,6,9,12-13,16,22H2,1-2H3. The molecule has 3 heteroatoms. The quantitative estimate of drug-likeness (QED) is 0.500. The number of nitrogen functional groups attached to an aromatic ring is 1. The Kier molecular flexibility index (Phi) is 7.63. The molecule has 0 amide bonds. The van der Waals surface area contributed by atoms with Crippen molar-refractivity contribution in [1.29, 1.82) is 0 Å². The summed E-state index contributed by atoms with van der Waals surface area (Å²) in [6.07, 6.45) is 4.67. The van der Waals surface area contributed by atoms with Crippen LogP contribution >= 0.6 is 0 Å². The first-order valence-electron chi connectivity index (χ1n) is 8.96. The van der Waals surface area contributed by atoms with Crippen LogP contribution in [0.2, 0.25) is 0 Å². The summed E-state index contributed by atoms with van der Waals surface area (Å²) in [6, 6.07) is 14.5. The van der Waals surface area contributed by atoms with Crippen molar-refractivity contribution in [2.75, 3.05) is 18.8 Å². The fourth-order valence-electron chi connectivity index (χ4n) is 2.69. The summed E-state index contributed by atoms with van der Waals surface area (Å²) in [7, 11) is 0. The van der Waals surface area contributed by atoms with E-state index in [0.717, 1.165) is 42.9 Å². The van der Waals surface area contributed by atoms with E-state index in [1.807, 2.05) is 12.1 Å². The molecule has 0 fully saturated rings. The maximum Gasteiger partial charge on any atom is 0.142 e. The maximum absolute atomic E-state index is 6.14. The Bertz CT molecular complexity index is 625. The average molecular weight is 326 g/mol. The van der Waals surface area contributed by atoms with E-state index in [-0.39, 0.29) is 0 Å². The van der Waals surface area contributed by atoms with Crippen LogP contribution in [-0.2, 0) is 13.0 Å². The van der Waals surface area contributed by atoms with Crippen molar-refractivity contribution >= 4 is 5.69 Å². The predicted molar refractivity (Wildman–Crippen MR) is 102 cm³/mol. The molecule has 0 aromatic heterocycles. The van der Waals surface area contributed by atoms with Gasteiger partial charge < -0.3 is 15.8 Å². The average Bonchev–Trinajstić information content (AvgIpc) is 2.57. The zero-order valence-corrected chi connectivity index (χ0v) is 15.0. The van der Waals surface area contributed by atoms with Gasteiger partial charge in [-0.25, -0.2) is 0 Å². The molecule has 0 radical (unpaired) electrons. The third kappa shape index (κ3) is 6.25. The van der Waals surface area contributed by atoms with E-state index >= 15 is 0 Å². The lowest BCUT2D eigenvalue weighted by atomic mass is 10.1. The lowest BCUT2D eigenvalue weighted by molar-refractivity contribution is 0.308. The molecule has 24 heavy (non-hydrogen) atoms. The third-order valence-corrected chi connectivity index (χ3v) is 4.08. The lowest BCUT2D eigenvalue weighted by Gasteiger charge is -2.11. The van der Waals surface area contributed by atoms with E-state index in [2.05, 4.69) is 49.5 Å². The third-order valence-electron chi connectivity index (χ3n) is 4.08. The van der Waals surface area contributed by atoms with E-state index in [4.69, 9.17) is 10.5 Å². The fraction of sp³-hybridized carbons (Fsp3) is 0.429. The second-order valence-electron chi connectivity index (χ2n) is 6.36. The van der Waals surface area contributed by atoms with Crippen LogP contribution in [0.25, 0.3) is 0 Å². The lowest BCUT2D eigenvalue weighted by Crippen LogP contribution is -2.16. The second kappa shape index (κ2) is 9.99. The molecule has 0 unspecified atom stereocenters. The normalized spacial score (nSPS) is 10.8. The van der Waals surface area contributed by atoms with Gasteiger partial charge in [-0.05, 0) is 62.5 Å². The molecular weight excluding hydrogens is 296 g/mol. The van der Waals surface area contributed by atoms with Gasteiger partial charge in [0.1, 0.15) is 12.4 Å². The topological polar surface area (TPSA) is 47.3 Å². The van der Waals surface area contributed by atoms with E-state index < -0.39 is 0 Å². The highest BCUT2D eigenvalue weighted by Crippen LogP contribution is 2.24. The Morgan fingerprint density at radius 1 is 1.00 bits per heavy atom. The summed E-state index contributed by atoms with van der Waals surface area (Å²) in [5.41, 5.74) is 10.5. The Morgan fingerprint density at radius 3 is 2.58 bits per heavy atom. The molecule has 2 aromatic rings. The number of unbranched alkanes of at least 4 members (excludes halogenated alkanes) is 1. The van der Waals surface area contributed by atoms with Crippen molar-refractivity contribution < 1.29 is 4.74 Å². The van der Waals surface area contributed by atoms with Crippen LogP contribution in [0.4, 0.5) is 5.69 Å². The van der Waals surface area contributed by atoms with Gasteiger partial charge in [0.15, 0.2) is 0 Å².